The first-order valence-electron chi connectivity index (χ1n) is 7.17. The Hall–Kier alpha value is -3.27. The van der Waals surface area contributed by atoms with Crippen LogP contribution in [0.2, 0.25) is 0 Å². The number of ketones is 1. The van der Waals surface area contributed by atoms with E-state index in [1.807, 2.05) is 6.07 Å². The van der Waals surface area contributed by atoms with Gasteiger partial charge in [-0.25, -0.2) is 4.39 Å². The molecule has 1 N–H and O–H groups in total. The topological polar surface area (TPSA) is 92.1 Å². The van der Waals surface area contributed by atoms with Crippen molar-refractivity contribution >= 4 is 17.4 Å². The summed E-state index contributed by atoms with van der Waals surface area (Å²) in [5.41, 5.74) is 0.680. The number of nitrogens with zero attached hydrogens (tertiary/aromatic N) is 2. The summed E-state index contributed by atoms with van der Waals surface area (Å²) < 4.78 is 18.5. The van der Waals surface area contributed by atoms with E-state index in [4.69, 9.17) is 4.74 Å². The molecule has 1 aliphatic heterocycles. The third-order valence-electron chi connectivity index (χ3n) is 3.64. The minimum atomic E-state index is -1.20. The van der Waals surface area contributed by atoms with Crippen molar-refractivity contribution < 1.29 is 18.7 Å². The van der Waals surface area contributed by atoms with Crippen LogP contribution in [0.4, 0.5) is 10.1 Å². The number of amides is 1. The number of carbonyl (C=O) groups excluding carboxylic acids is 2. The van der Waals surface area contributed by atoms with E-state index in [0.29, 0.717) is 5.69 Å². The van der Waals surface area contributed by atoms with Gasteiger partial charge in [0.05, 0.1) is 29.2 Å². The molecule has 2 heterocycles. The Morgan fingerprint density at radius 1 is 1.42 bits per heavy atom. The van der Waals surface area contributed by atoms with E-state index in [1.165, 1.54) is 12.1 Å². The molecule has 1 aliphatic rings. The zero-order valence-electron chi connectivity index (χ0n) is 12.6. The van der Waals surface area contributed by atoms with Crippen molar-refractivity contribution in [2.24, 2.45) is 0 Å². The van der Waals surface area contributed by atoms with Gasteiger partial charge in [-0.1, -0.05) is 6.07 Å². The lowest BCUT2D eigenvalue weighted by Gasteiger charge is -2.25. The molecule has 0 aliphatic carbocycles. The van der Waals surface area contributed by atoms with Gasteiger partial charge in [-0.15, -0.1) is 0 Å². The van der Waals surface area contributed by atoms with Gasteiger partial charge in [-0.05, 0) is 31.2 Å². The Kier molecular flexibility index (Phi) is 3.96. The molecule has 3 rings (SSSR count). The summed E-state index contributed by atoms with van der Waals surface area (Å²) >= 11 is 0. The number of anilines is 1. The summed E-state index contributed by atoms with van der Waals surface area (Å²) in [6.07, 6.45) is 0.197. The van der Waals surface area contributed by atoms with Gasteiger partial charge in [0.15, 0.2) is 23.6 Å². The van der Waals surface area contributed by atoms with Crippen LogP contribution >= 0.6 is 0 Å². The summed E-state index contributed by atoms with van der Waals surface area (Å²) in [5.74, 6) is -2.38. The normalized spacial score (nSPS) is 17.0. The highest BCUT2D eigenvalue weighted by Crippen LogP contribution is 2.35. The number of fused-ring (bicyclic) bond motifs is 1. The summed E-state index contributed by atoms with van der Waals surface area (Å²) in [5, 5.41) is 12.0. The van der Waals surface area contributed by atoms with E-state index in [-0.39, 0.29) is 22.9 Å². The fourth-order valence-corrected chi connectivity index (χ4v) is 2.39. The maximum absolute atomic E-state index is 13.0. The first-order chi connectivity index (χ1) is 11.5. The molecule has 7 heteroatoms. The van der Waals surface area contributed by atoms with Gasteiger partial charge in [0.2, 0.25) is 0 Å². The van der Waals surface area contributed by atoms with E-state index in [1.54, 1.807) is 19.1 Å². The third-order valence-corrected chi connectivity index (χ3v) is 3.64. The number of rotatable bonds is 3. The summed E-state index contributed by atoms with van der Waals surface area (Å²) in [7, 11) is 0. The van der Waals surface area contributed by atoms with E-state index in [2.05, 4.69) is 10.3 Å². The molecular weight excluding hydrogens is 313 g/mol. The second-order valence-electron chi connectivity index (χ2n) is 5.26. The van der Waals surface area contributed by atoms with Crippen molar-refractivity contribution in [3.8, 4) is 11.8 Å². The van der Waals surface area contributed by atoms with Gasteiger partial charge >= 0.3 is 0 Å². The van der Waals surface area contributed by atoms with Crippen molar-refractivity contribution in [1.82, 2.24) is 4.98 Å². The van der Waals surface area contributed by atoms with Gasteiger partial charge in [-0.3, -0.25) is 14.6 Å². The lowest BCUT2D eigenvalue weighted by molar-refractivity contribution is -0.122. The van der Waals surface area contributed by atoms with Crippen molar-refractivity contribution in [2.45, 2.75) is 18.9 Å². The molecule has 2 atom stereocenters. The number of aromatic nitrogens is 1. The average molecular weight is 325 g/mol. The van der Waals surface area contributed by atoms with Crippen LogP contribution < -0.4 is 10.1 Å². The highest BCUT2D eigenvalue weighted by Gasteiger charge is 2.31. The highest BCUT2D eigenvalue weighted by atomic mass is 19.1. The number of halogens is 1. The van der Waals surface area contributed by atoms with Crippen molar-refractivity contribution in [1.29, 1.82) is 5.26 Å². The zero-order chi connectivity index (χ0) is 17.3. The summed E-state index contributed by atoms with van der Waals surface area (Å²) in [6, 6.07) is 9.02. The van der Waals surface area contributed by atoms with Gasteiger partial charge in [-0.2, -0.15) is 5.26 Å². The molecule has 2 aromatic rings. The van der Waals surface area contributed by atoms with Crippen LogP contribution in [0.5, 0.6) is 5.75 Å². The van der Waals surface area contributed by atoms with Crippen LogP contribution in [-0.2, 0) is 4.79 Å². The van der Waals surface area contributed by atoms with E-state index >= 15 is 0 Å². The number of nitriles is 1. The molecule has 1 amide bonds. The Bertz CT molecular complexity index is 858. The highest BCUT2D eigenvalue weighted by molar-refractivity contribution is 6.08. The molecule has 0 fully saturated rings. The molecule has 1 aromatic heterocycles. The number of ether oxygens (including phenoxy) is 1. The summed E-state index contributed by atoms with van der Waals surface area (Å²) in [6.45, 7) is 1.56. The number of hydrogen-bond donors (Lipinski definition) is 1. The average Bonchev–Trinajstić information content (AvgIpc) is 2.57. The fraction of sp³-hybridized carbons (Fsp3) is 0.176. The Morgan fingerprint density at radius 2 is 2.21 bits per heavy atom. The number of hydrogen-bond acceptors (Lipinski definition) is 5. The molecule has 0 saturated carbocycles. The van der Waals surface area contributed by atoms with Crippen LogP contribution in [0.15, 0.2) is 36.5 Å². The third kappa shape index (κ3) is 2.70. The SMILES string of the molecule is C[C@@H]1Oc2c(cccc2C(=O)[C@H](C#N)c2ccc(F)cn2)NC1=O. The standard InChI is InChI=1S/C17H12FN3O3/c1-9-17(23)21-14-4-2-3-11(16(14)24-9)15(22)12(7-19)13-6-5-10(18)8-20-13/h2-6,8-9,12H,1H3,(H,21,23)/t9-,12+/m0/s1. The van der Waals surface area contributed by atoms with Crippen molar-refractivity contribution in [2.75, 3.05) is 5.32 Å². The molecule has 0 radical (unpaired) electrons. The van der Waals surface area contributed by atoms with Crippen LogP contribution in [-0.4, -0.2) is 22.8 Å². The van der Waals surface area contributed by atoms with Gasteiger partial charge in [0.25, 0.3) is 5.91 Å². The lowest BCUT2D eigenvalue weighted by atomic mass is 9.94. The predicted octanol–water partition coefficient (Wildman–Crippen LogP) is 2.43. The Labute approximate surface area is 136 Å². The molecule has 6 nitrogen and oxygen atoms in total. The van der Waals surface area contributed by atoms with Gasteiger partial charge < -0.3 is 10.1 Å². The smallest absolute Gasteiger partial charge is 0.265 e. The lowest BCUT2D eigenvalue weighted by Crippen LogP contribution is -2.35. The maximum Gasteiger partial charge on any atom is 0.265 e. The molecule has 0 bridgehead atoms. The van der Waals surface area contributed by atoms with Gasteiger partial charge in [0.1, 0.15) is 5.82 Å². The minimum Gasteiger partial charge on any atom is -0.478 e. The predicted molar refractivity (Wildman–Crippen MR) is 82.0 cm³/mol. The Balaban J connectivity index is 2.01. The monoisotopic (exact) mass is 325 g/mol. The fourth-order valence-electron chi connectivity index (χ4n) is 2.39. The Morgan fingerprint density at radius 3 is 2.88 bits per heavy atom. The minimum absolute atomic E-state index is 0.148. The van der Waals surface area contributed by atoms with Crippen LogP contribution in [0.1, 0.15) is 28.9 Å². The quantitative estimate of drug-likeness (QED) is 0.875. The largest absolute Gasteiger partial charge is 0.478 e. The second-order valence-corrected chi connectivity index (χ2v) is 5.26. The van der Waals surface area contributed by atoms with Crippen LogP contribution in [0.3, 0.4) is 0 Å². The van der Waals surface area contributed by atoms with Crippen LogP contribution in [0.25, 0.3) is 0 Å². The van der Waals surface area contributed by atoms with Gasteiger partial charge in [0, 0.05) is 0 Å². The first kappa shape index (κ1) is 15.6. The number of carbonyl (C=O) groups is 2. The zero-order valence-corrected chi connectivity index (χ0v) is 12.6. The maximum atomic E-state index is 13.0. The van der Waals surface area contributed by atoms with Crippen molar-refractivity contribution in [3.05, 3.63) is 53.6 Å². The molecule has 0 saturated heterocycles. The van der Waals surface area contributed by atoms with Crippen LogP contribution in [0, 0.1) is 17.1 Å². The van der Waals surface area contributed by atoms with E-state index < -0.39 is 23.6 Å². The number of nitrogens with one attached hydrogen (secondary N) is 1. The molecule has 0 unspecified atom stereocenters. The molecule has 1 aromatic carbocycles. The number of Topliss-reactive ketones (excluding diaryl/α,β-unsaturated/α-hetero) is 1. The van der Waals surface area contributed by atoms with E-state index in [0.717, 1.165) is 12.3 Å². The van der Waals surface area contributed by atoms with E-state index in [9.17, 15) is 19.2 Å². The van der Waals surface area contributed by atoms with Crippen molar-refractivity contribution in [3.63, 3.8) is 0 Å². The molecule has 24 heavy (non-hydrogen) atoms. The number of para-hydroxylation sites is 1. The first-order valence-corrected chi connectivity index (χ1v) is 7.17. The summed E-state index contributed by atoms with van der Waals surface area (Å²) in [4.78, 5) is 28.2. The molecule has 120 valence electrons. The molecule has 0 spiro atoms. The second kappa shape index (κ2) is 6.08. The number of pyridine rings is 1. The number of benzene rings is 1. The molecular formula is C17H12FN3O3.